The molecule has 3 aromatic rings. The van der Waals surface area contributed by atoms with Crippen LogP contribution in [0.15, 0.2) is 84.9 Å². The van der Waals surface area contributed by atoms with Crippen molar-refractivity contribution in [2.45, 2.75) is 12.8 Å². The second kappa shape index (κ2) is 9.00. The van der Waals surface area contributed by atoms with Crippen LogP contribution in [0, 0.1) is 5.92 Å². The Hall–Kier alpha value is -3.66. The first-order valence-corrected chi connectivity index (χ1v) is 10.4. The molecule has 2 atom stereocenters. The zero-order valence-corrected chi connectivity index (χ0v) is 17.6. The number of hydrogen-bond donors (Lipinski definition) is 0. The molecule has 0 N–H and O–H groups in total. The molecule has 0 unspecified atom stereocenters. The lowest BCUT2D eigenvalue weighted by atomic mass is 9.82. The molecule has 1 aliphatic rings. The maximum Gasteiger partial charge on any atom is 0.317 e. The molecule has 0 saturated heterocycles. The Morgan fingerprint density at radius 3 is 1.97 bits per heavy atom. The van der Waals surface area contributed by atoms with Gasteiger partial charge in [0.15, 0.2) is 5.78 Å². The molecule has 4 rings (SSSR count). The molecular weight excluding hydrogens is 388 g/mol. The number of allylic oxidation sites excluding steroid dienone is 2. The molecule has 0 radical (unpaired) electrons. The number of rotatable bonds is 6. The maximum atomic E-state index is 13.7. The summed E-state index contributed by atoms with van der Waals surface area (Å²) in [6, 6.07) is 26.9. The van der Waals surface area contributed by atoms with Crippen molar-refractivity contribution in [2.75, 3.05) is 13.7 Å². The highest BCUT2D eigenvalue weighted by Gasteiger charge is 2.48. The third kappa shape index (κ3) is 3.89. The van der Waals surface area contributed by atoms with Crippen molar-refractivity contribution in [3.63, 3.8) is 0 Å². The van der Waals surface area contributed by atoms with Gasteiger partial charge >= 0.3 is 5.97 Å². The Balaban J connectivity index is 1.97. The van der Waals surface area contributed by atoms with Gasteiger partial charge in [0.05, 0.1) is 13.7 Å². The van der Waals surface area contributed by atoms with Crippen molar-refractivity contribution in [3.8, 4) is 5.75 Å². The Bertz CT molecular complexity index is 1100. The van der Waals surface area contributed by atoms with Crippen LogP contribution in [-0.4, -0.2) is 25.5 Å². The number of benzene rings is 3. The van der Waals surface area contributed by atoms with E-state index in [1.165, 1.54) is 0 Å². The summed E-state index contributed by atoms with van der Waals surface area (Å²) < 4.78 is 10.6. The molecular formula is C27H24O4. The van der Waals surface area contributed by atoms with Gasteiger partial charge in [-0.3, -0.25) is 9.59 Å². The third-order valence-electron chi connectivity index (χ3n) is 5.61. The number of hydrogen-bond acceptors (Lipinski definition) is 4. The standard InChI is InChI=1S/C27H24O4/c1-3-31-27(29)25-23(20-14-16-21(30-2)17-15-20)22(18-10-6-4-7-11-18)24(26(25)28)19-12-8-5-9-13-19/h4-17,23,25H,3H2,1-2H3/t23-,25+/m0/s1. The Morgan fingerprint density at radius 1 is 0.839 bits per heavy atom. The summed E-state index contributed by atoms with van der Waals surface area (Å²) >= 11 is 0. The molecule has 0 amide bonds. The second-order valence-corrected chi connectivity index (χ2v) is 7.37. The summed E-state index contributed by atoms with van der Waals surface area (Å²) in [7, 11) is 1.61. The van der Waals surface area contributed by atoms with E-state index in [0.29, 0.717) is 11.3 Å². The highest BCUT2D eigenvalue weighted by Crippen LogP contribution is 2.50. The second-order valence-electron chi connectivity index (χ2n) is 7.37. The molecule has 156 valence electrons. The van der Waals surface area contributed by atoms with Gasteiger partial charge in [0.25, 0.3) is 0 Å². The largest absolute Gasteiger partial charge is 0.497 e. The van der Waals surface area contributed by atoms with Gasteiger partial charge in [-0.05, 0) is 41.3 Å². The SMILES string of the molecule is CCOC(=O)[C@H]1C(=O)C(c2ccccc2)=C(c2ccccc2)[C@@H]1c1ccc(OC)cc1. The fraction of sp³-hybridized carbons (Fsp3) is 0.185. The molecule has 4 nitrogen and oxygen atoms in total. The molecule has 31 heavy (non-hydrogen) atoms. The van der Waals surface area contributed by atoms with Crippen LogP contribution in [0.2, 0.25) is 0 Å². The van der Waals surface area contributed by atoms with Crippen LogP contribution in [0.25, 0.3) is 11.1 Å². The molecule has 3 aromatic carbocycles. The van der Waals surface area contributed by atoms with E-state index in [0.717, 1.165) is 22.3 Å². The Kier molecular flexibility index (Phi) is 5.99. The molecule has 0 spiro atoms. The topological polar surface area (TPSA) is 52.6 Å². The van der Waals surface area contributed by atoms with Crippen LogP contribution in [0.1, 0.15) is 29.5 Å². The van der Waals surface area contributed by atoms with E-state index in [9.17, 15) is 9.59 Å². The van der Waals surface area contributed by atoms with E-state index in [-0.39, 0.29) is 12.4 Å². The van der Waals surface area contributed by atoms with Gasteiger partial charge in [-0.25, -0.2) is 0 Å². The molecule has 0 fully saturated rings. The van der Waals surface area contributed by atoms with Gasteiger partial charge in [-0.2, -0.15) is 0 Å². The monoisotopic (exact) mass is 412 g/mol. The fourth-order valence-electron chi connectivity index (χ4n) is 4.25. The number of ketones is 1. The highest BCUT2D eigenvalue weighted by molar-refractivity contribution is 6.37. The number of Topliss-reactive ketones (excluding diaryl/α,β-unsaturated/α-hetero) is 1. The van der Waals surface area contributed by atoms with Crippen LogP contribution in [-0.2, 0) is 14.3 Å². The van der Waals surface area contributed by atoms with Gasteiger partial charge in [0.2, 0.25) is 0 Å². The maximum absolute atomic E-state index is 13.7. The van der Waals surface area contributed by atoms with E-state index < -0.39 is 17.8 Å². The summed E-state index contributed by atoms with van der Waals surface area (Å²) in [5, 5.41) is 0. The Morgan fingerprint density at radius 2 is 1.42 bits per heavy atom. The molecule has 0 bridgehead atoms. The average Bonchev–Trinajstić information content (AvgIpc) is 3.13. The van der Waals surface area contributed by atoms with Gasteiger partial charge in [-0.15, -0.1) is 0 Å². The van der Waals surface area contributed by atoms with E-state index in [1.807, 2.05) is 84.9 Å². The third-order valence-corrected chi connectivity index (χ3v) is 5.61. The average molecular weight is 412 g/mol. The van der Waals surface area contributed by atoms with Crippen LogP contribution < -0.4 is 4.74 Å². The lowest BCUT2D eigenvalue weighted by Crippen LogP contribution is -2.28. The lowest BCUT2D eigenvalue weighted by molar-refractivity contribution is -0.150. The van der Waals surface area contributed by atoms with Crippen LogP contribution in [0.4, 0.5) is 0 Å². The summed E-state index contributed by atoms with van der Waals surface area (Å²) in [5.74, 6) is -1.36. The van der Waals surface area contributed by atoms with E-state index in [1.54, 1.807) is 14.0 Å². The number of ether oxygens (including phenoxy) is 2. The summed E-state index contributed by atoms with van der Waals surface area (Å²) in [6.45, 7) is 1.97. The minimum Gasteiger partial charge on any atom is -0.497 e. The van der Waals surface area contributed by atoms with E-state index >= 15 is 0 Å². The van der Waals surface area contributed by atoms with Crippen molar-refractivity contribution >= 4 is 22.9 Å². The first kappa shape index (κ1) is 20.6. The van der Waals surface area contributed by atoms with Crippen molar-refractivity contribution in [3.05, 3.63) is 102 Å². The Labute approximate surface area is 182 Å². The van der Waals surface area contributed by atoms with Crippen molar-refractivity contribution in [2.24, 2.45) is 5.92 Å². The predicted molar refractivity (Wildman–Crippen MR) is 121 cm³/mol. The molecule has 1 aliphatic carbocycles. The van der Waals surface area contributed by atoms with Gasteiger partial charge in [0.1, 0.15) is 11.7 Å². The smallest absolute Gasteiger partial charge is 0.317 e. The number of methoxy groups -OCH3 is 1. The quantitative estimate of drug-likeness (QED) is 0.415. The predicted octanol–water partition coefficient (Wildman–Crippen LogP) is 5.15. The fourth-order valence-corrected chi connectivity index (χ4v) is 4.25. The number of carbonyl (C=O) groups excluding carboxylic acids is 2. The van der Waals surface area contributed by atoms with E-state index in [4.69, 9.17) is 9.47 Å². The molecule has 0 heterocycles. The van der Waals surface area contributed by atoms with Gasteiger partial charge in [0, 0.05) is 11.5 Å². The van der Waals surface area contributed by atoms with Gasteiger partial charge in [-0.1, -0.05) is 72.8 Å². The number of esters is 1. The zero-order valence-electron chi connectivity index (χ0n) is 17.6. The normalized spacial score (nSPS) is 18.2. The zero-order chi connectivity index (χ0) is 21.8. The molecule has 0 aliphatic heterocycles. The molecule has 0 aromatic heterocycles. The summed E-state index contributed by atoms with van der Waals surface area (Å²) in [5.41, 5.74) is 4.02. The van der Waals surface area contributed by atoms with Crippen molar-refractivity contribution < 1.29 is 19.1 Å². The highest BCUT2D eigenvalue weighted by atomic mass is 16.5. The minimum atomic E-state index is -0.932. The summed E-state index contributed by atoms with van der Waals surface area (Å²) in [4.78, 5) is 26.8. The summed E-state index contributed by atoms with van der Waals surface area (Å²) in [6.07, 6.45) is 0. The van der Waals surface area contributed by atoms with Crippen LogP contribution in [0.5, 0.6) is 5.75 Å². The number of carbonyl (C=O) groups is 2. The van der Waals surface area contributed by atoms with Crippen molar-refractivity contribution in [1.82, 2.24) is 0 Å². The lowest BCUT2D eigenvalue weighted by Gasteiger charge is -2.22. The molecule has 0 saturated carbocycles. The molecule has 4 heteroatoms. The minimum absolute atomic E-state index is 0.204. The van der Waals surface area contributed by atoms with Crippen molar-refractivity contribution in [1.29, 1.82) is 0 Å². The first-order chi connectivity index (χ1) is 15.2. The van der Waals surface area contributed by atoms with E-state index in [2.05, 4.69) is 0 Å². The first-order valence-electron chi connectivity index (χ1n) is 10.4. The van der Waals surface area contributed by atoms with Crippen LogP contribution in [0.3, 0.4) is 0 Å². The van der Waals surface area contributed by atoms with Crippen LogP contribution >= 0.6 is 0 Å². The van der Waals surface area contributed by atoms with Gasteiger partial charge < -0.3 is 9.47 Å².